The number of likely N-dealkylation sites (tertiary alicyclic amines) is 1. The highest BCUT2D eigenvalue weighted by atomic mass is 35.5. The number of hydrogen-bond donors (Lipinski definition) is 3. The van der Waals surface area contributed by atoms with E-state index in [1.807, 2.05) is 24.3 Å². The lowest BCUT2D eigenvalue weighted by Gasteiger charge is -2.32. The molecule has 2 heterocycles. The maximum atomic E-state index is 14.7. The van der Waals surface area contributed by atoms with Gasteiger partial charge < -0.3 is 25.4 Å². The fourth-order valence-electron chi connectivity index (χ4n) is 5.69. The van der Waals surface area contributed by atoms with Crippen molar-refractivity contribution in [2.75, 3.05) is 37.1 Å². The summed E-state index contributed by atoms with van der Waals surface area (Å²) in [5, 5.41) is 7.32. The summed E-state index contributed by atoms with van der Waals surface area (Å²) >= 11 is 6.34. The number of nitrogens with one attached hydrogen (secondary N) is 2. The Morgan fingerprint density at radius 1 is 1.04 bits per heavy atom. The summed E-state index contributed by atoms with van der Waals surface area (Å²) in [6.07, 6.45) is 2.09. The summed E-state index contributed by atoms with van der Waals surface area (Å²) < 4.78 is 37.3. The first-order valence-electron chi connectivity index (χ1n) is 14.7. The van der Waals surface area contributed by atoms with Gasteiger partial charge in [-0.15, -0.1) is 0 Å². The molecule has 0 aliphatic carbocycles. The number of aromatic nitrogens is 1. The van der Waals surface area contributed by atoms with Crippen LogP contribution in [0.25, 0.3) is 10.8 Å². The van der Waals surface area contributed by atoms with E-state index in [1.54, 1.807) is 49.2 Å². The molecule has 4 N–H and O–H groups in total. The van der Waals surface area contributed by atoms with E-state index in [0.29, 0.717) is 58.5 Å². The SMILES string of the molecule is COC(=O)Nc1ccc(S(=O)(=O)C(C)C)c(C2CCCN2C(=O)C(Nc2ccc3c(N)nccc3c2)c2ccc(Cl)c(OC)c2)c1. The third-order valence-corrected chi connectivity index (χ3v) is 10.7. The molecule has 1 aliphatic heterocycles. The van der Waals surface area contributed by atoms with Gasteiger partial charge in [0.1, 0.15) is 17.6 Å². The Kier molecular flexibility index (Phi) is 9.59. The maximum Gasteiger partial charge on any atom is 0.411 e. The number of ether oxygens (including phenoxy) is 2. The third kappa shape index (κ3) is 6.54. The van der Waals surface area contributed by atoms with E-state index in [1.165, 1.54) is 26.4 Å². The summed E-state index contributed by atoms with van der Waals surface area (Å²) in [5.41, 5.74) is 8.10. The molecule has 0 bridgehead atoms. The van der Waals surface area contributed by atoms with Gasteiger partial charge >= 0.3 is 6.09 Å². The fraction of sp³-hybridized carbons (Fsp3) is 0.303. The average Bonchev–Trinajstić information content (AvgIpc) is 3.53. The number of amides is 2. The normalized spacial score (nSPS) is 15.5. The van der Waals surface area contributed by atoms with Crippen molar-refractivity contribution in [3.05, 3.63) is 83.0 Å². The molecule has 1 fully saturated rings. The van der Waals surface area contributed by atoms with Crippen LogP contribution in [-0.2, 0) is 19.4 Å². The van der Waals surface area contributed by atoms with Gasteiger partial charge in [-0.1, -0.05) is 17.7 Å². The molecule has 2 atom stereocenters. The molecule has 46 heavy (non-hydrogen) atoms. The van der Waals surface area contributed by atoms with E-state index in [-0.39, 0.29) is 10.8 Å². The molecule has 1 aliphatic rings. The van der Waals surface area contributed by atoms with Crippen molar-refractivity contribution in [2.45, 2.75) is 48.9 Å². The van der Waals surface area contributed by atoms with Gasteiger partial charge in [0.15, 0.2) is 9.84 Å². The number of methoxy groups -OCH3 is 2. The summed E-state index contributed by atoms with van der Waals surface area (Å²) in [7, 11) is -1.01. The van der Waals surface area contributed by atoms with Gasteiger partial charge in [-0.25, -0.2) is 18.2 Å². The summed E-state index contributed by atoms with van der Waals surface area (Å²) in [5.74, 6) is 0.525. The van der Waals surface area contributed by atoms with Gasteiger partial charge in [0, 0.05) is 29.5 Å². The second-order valence-corrected chi connectivity index (χ2v) is 14.1. The van der Waals surface area contributed by atoms with Crippen LogP contribution in [0.15, 0.2) is 71.8 Å². The van der Waals surface area contributed by atoms with Gasteiger partial charge in [-0.3, -0.25) is 10.1 Å². The Balaban J connectivity index is 1.59. The number of sulfone groups is 1. The number of hydrogen-bond acceptors (Lipinski definition) is 9. The number of halogens is 1. The molecule has 0 spiro atoms. The number of carbonyl (C=O) groups is 2. The van der Waals surface area contributed by atoms with Crippen molar-refractivity contribution in [1.82, 2.24) is 9.88 Å². The Hall–Kier alpha value is -4.55. The first-order valence-corrected chi connectivity index (χ1v) is 16.6. The van der Waals surface area contributed by atoms with Crippen molar-refractivity contribution in [1.29, 1.82) is 0 Å². The van der Waals surface area contributed by atoms with Crippen molar-refractivity contribution >= 4 is 61.4 Å². The van der Waals surface area contributed by atoms with Gasteiger partial charge in [-0.2, -0.15) is 0 Å². The van der Waals surface area contributed by atoms with Crippen LogP contribution in [0.5, 0.6) is 5.75 Å². The number of nitrogen functional groups attached to an aromatic ring is 1. The molecule has 1 saturated heterocycles. The predicted octanol–water partition coefficient (Wildman–Crippen LogP) is 6.36. The second kappa shape index (κ2) is 13.4. The molecule has 0 saturated carbocycles. The largest absolute Gasteiger partial charge is 0.495 e. The van der Waals surface area contributed by atoms with E-state index < -0.39 is 33.3 Å². The lowest BCUT2D eigenvalue weighted by molar-refractivity contribution is -0.133. The standard InChI is InChI=1S/C33H36ClN5O6S/c1-19(2)46(42,43)29-12-9-23(38-33(41)45-4)18-25(29)27-6-5-15-39(27)32(40)30(21-7-11-26(34)28(17-21)44-3)37-22-8-10-24-20(16-22)13-14-36-31(24)35/h7-14,16-19,27,30,37H,5-6,15H2,1-4H3,(H2,35,36)(H,38,41). The Morgan fingerprint density at radius 2 is 1.80 bits per heavy atom. The molecule has 13 heteroatoms. The highest BCUT2D eigenvalue weighted by Gasteiger charge is 2.38. The van der Waals surface area contributed by atoms with Crippen molar-refractivity contribution in [3.8, 4) is 5.75 Å². The summed E-state index contributed by atoms with van der Waals surface area (Å²) in [4.78, 5) is 32.6. The van der Waals surface area contributed by atoms with Gasteiger partial charge in [0.2, 0.25) is 5.91 Å². The molecule has 3 aromatic carbocycles. The summed E-state index contributed by atoms with van der Waals surface area (Å²) in [6.45, 7) is 3.61. The highest BCUT2D eigenvalue weighted by Crippen LogP contribution is 2.41. The van der Waals surface area contributed by atoms with Crippen LogP contribution in [0.4, 0.5) is 22.0 Å². The lowest BCUT2D eigenvalue weighted by Crippen LogP contribution is -2.38. The van der Waals surface area contributed by atoms with E-state index in [9.17, 15) is 18.0 Å². The first kappa shape index (κ1) is 32.8. The molecule has 11 nitrogen and oxygen atoms in total. The number of anilines is 3. The van der Waals surface area contributed by atoms with E-state index >= 15 is 0 Å². The van der Waals surface area contributed by atoms with Crippen molar-refractivity contribution in [3.63, 3.8) is 0 Å². The van der Waals surface area contributed by atoms with Crippen LogP contribution in [0.1, 0.15) is 49.9 Å². The van der Waals surface area contributed by atoms with Crippen LogP contribution in [0.3, 0.4) is 0 Å². The minimum Gasteiger partial charge on any atom is -0.495 e. The molecule has 5 rings (SSSR count). The Morgan fingerprint density at radius 3 is 2.52 bits per heavy atom. The van der Waals surface area contributed by atoms with Gasteiger partial charge in [0.05, 0.1) is 35.4 Å². The minimum atomic E-state index is -3.75. The number of fused-ring (bicyclic) bond motifs is 1. The number of nitrogens with zero attached hydrogens (tertiary/aromatic N) is 2. The lowest BCUT2D eigenvalue weighted by atomic mass is 10.0. The Bertz CT molecular complexity index is 1900. The molecule has 242 valence electrons. The first-order chi connectivity index (χ1) is 21.9. The highest BCUT2D eigenvalue weighted by molar-refractivity contribution is 7.92. The predicted molar refractivity (Wildman–Crippen MR) is 179 cm³/mol. The fourth-order valence-corrected chi connectivity index (χ4v) is 7.17. The van der Waals surface area contributed by atoms with Crippen LogP contribution in [0.2, 0.25) is 5.02 Å². The van der Waals surface area contributed by atoms with Crippen LogP contribution >= 0.6 is 11.6 Å². The van der Waals surface area contributed by atoms with Crippen molar-refractivity contribution in [2.24, 2.45) is 0 Å². The van der Waals surface area contributed by atoms with Crippen LogP contribution < -0.4 is 21.1 Å². The van der Waals surface area contributed by atoms with E-state index in [0.717, 1.165) is 10.8 Å². The monoisotopic (exact) mass is 665 g/mol. The minimum absolute atomic E-state index is 0.112. The third-order valence-electron chi connectivity index (χ3n) is 8.13. The molecule has 2 unspecified atom stereocenters. The second-order valence-electron chi connectivity index (χ2n) is 11.3. The summed E-state index contributed by atoms with van der Waals surface area (Å²) in [6, 6.07) is 15.6. The number of pyridine rings is 1. The van der Waals surface area contributed by atoms with Crippen LogP contribution in [0, 0.1) is 0 Å². The van der Waals surface area contributed by atoms with E-state index in [2.05, 4.69) is 15.6 Å². The molecule has 0 radical (unpaired) electrons. The zero-order valence-corrected chi connectivity index (χ0v) is 27.5. The maximum absolute atomic E-state index is 14.7. The smallest absolute Gasteiger partial charge is 0.411 e. The number of rotatable bonds is 9. The average molecular weight is 666 g/mol. The van der Waals surface area contributed by atoms with Crippen LogP contribution in [-0.4, -0.2) is 56.3 Å². The molecule has 4 aromatic rings. The van der Waals surface area contributed by atoms with Crippen molar-refractivity contribution < 1.29 is 27.5 Å². The quantitative estimate of drug-likeness (QED) is 0.185. The zero-order chi connectivity index (χ0) is 33.2. The topological polar surface area (TPSA) is 153 Å². The molecular formula is C33H36ClN5O6S. The zero-order valence-electron chi connectivity index (χ0n) is 25.9. The number of carbonyl (C=O) groups excluding carboxylic acids is 2. The Labute approximate surface area is 272 Å². The number of benzene rings is 3. The molecule has 1 aromatic heterocycles. The van der Waals surface area contributed by atoms with Gasteiger partial charge in [0.25, 0.3) is 0 Å². The molecule has 2 amide bonds. The number of nitrogens with two attached hydrogens (primary N) is 1. The molecular weight excluding hydrogens is 630 g/mol. The van der Waals surface area contributed by atoms with E-state index in [4.69, 9.17) is 26.8 Å². The van der Waals surface area contributed by atoms with Gasteiger partial charge in [-0.05, 0) is 97.8 Å².